The van der Waals surface area contributed by atoms with Crippen molar-refractivity contribution in [1.82, 2.24) is 10.9 Å². The van der Waals surface area contributed by atoms with E-state index in [-0.39, 0.29) is 16.4 Å². The fourth-order valence-electron chi connectivity index (χ4n) is 1.65. The summed E-state index contributed by atoms with van der Waals surface area (Å²) in [6, 6.07) is 9.98. The maximum Gasteiger partial charge on any atom is 0.271 e. The average Bonchev–Trinajstić information content (AvgIpc) is 2.52. The Bertz CT molecular complexity index is 761. The van der Waals surface area contributed by atoms with E-state index in [0.29, 0.717) is 10.6 Å². The maximum absolute atomic E-state index is 12.7. The van der Waals surface area contributed by atoms with Crippen LogP contribution in [0.15, 0.2) is 48.5 Å². The second-order valence-electron chi connectivity index (χ2n) is 4.45. The van der Waals surface area contributed by atoms with Crippen molar-refractivity contribution in [2.24, 2.45) is 0 Å². The van der Waals surface area contributed by atoms with Crippen LogP contribution in [-0.2, 0) is 4.79 Å². The van der Waals surface area contributed by atoms with Crippen LogP contribution in [0.1, 0.15) is 15.9 Å². The summed E-state index contributed by atoms with van der Waals surface area (Å²) >= 11 is 11.6. The SMILES string of the molecule is O=C(/C=C/c1ccc(F)cc1)NNC(=O)c1ccc(Cl)cc1Cl. The Balaban J connectivity index is 1.91. The molecule has 2 rings (SSSR count). The number of hydrogen-bond acceptors (Lipinski definition) is 2. The van der Waals surface area contributed by atoms with Gasteiger partial charge in [-0.15, -0.1) is 0 Å². The smallest absolute Gasteiger partial charge is 0.268 e. The third kappa shape index (κ3) is 5.09. The molecule has 2 aromatic rings. The van der Waals surface area contributed by atoms with Crippen LogP contribution in [0.2, 0.25) is 10.0 Å². The molecule has 0 aliphatic heterocycles. The molecule has 0 saturated heterocycles. The van der Waals surface area contributed by atoms with Crippen LogP contribution in [0.4, 0.5) is 4.39 Å². The fourth-order valence-corrected chi connectivity index (χ4v) is 2.14. The van der Waals surface area contributed by atoms with Crippen LogP contribution in [0.3, 0.4) is 0 Å². The van der Waals surface area contributed by atoms with Crippen LogP contribution in [0, 0.1) is 5.82 Å². The number of amides is 2. The molecule has 0 aliphatic rings. The van der Waals surface area contributed by atoms with E-state index in [9.17, 15) is 14.0 Å². The summed E-state index contributed by atoms with van der Waals surface area (Å²) in [5.74, 6) is -1.48. The molecule has 0 saturated carbocycles. The molecule has 0 heterocycles. The molecule has 2 N–H and O–H groups in total. The van der Waals surface area contributed by atoms with E-state index in [1.165, 1.54) is 54.6 Å². The molecule has 0 aromatic heterocycles. The molecule has 0 unspecified atom stereocenters. The zero-order valence-corrected chi connectivity index (χ0v) is 13.2. The highest BCUT2D eigenvalue weighted by molar-refractivity contribution is 6.36. The van der Waals surface area contributed by atoms with E-state index in [0.717, 1.165) is 0 Å². The summed E-state index contributed by atoms with van der Waals surface area (Å²) in [4.78, 5) is 23.5. The van der Waals surface area contributed by atoms with Crippen LogP contribution in [0.25, 0.3) is 6.08 Å². The van der Waals surface area contributed by atoms with Gasteiger partial charge in [0, 0.05) is 11.1 Å². The van der Waals surface area contributed by atoms with Gasteiger partial charge in [-0.2, -0.15) is 0 Å². The zero-order chi connectivity index (χ0) is 16.8. The number of carbonyl (C=O) groups excluding carboxylic acids is 2. The van der Waals surface area contributed by atoms with Gasteiger partial charge in [-0.1, -0.05) is 35.3 Å². The standard InChI is InChI=1S/C16H11Cl2FN2O2/c17-11-4-7-13(14(18)9-11)16(23)21-20-15(22)8-3-10-1-5-12(19)6-2-10/h1-9H,(H,20,22)(H,21,23)/b8-3+. The predicted octanol–water partition coefficient (Wildman–Crippen LogP) is 3.61. The molecule has 23 heavy (non-hydrogen) atoms. The van der Waals surface area contributed by atoms with Crippen LogP contribution in [-0.4, -0.2) is 11.8 Å². The van der Waals surface area contributed by atoms with Gasteiger partial charge in [0.25, 0.3) is 11.8 Å². The van der Waals surface area contributed by atoms with Gasteiger partial charge >= 0.3 is 0 Å². The van der Waals surface area contributed by atoms with E-state index in [2.05, 4.69) is 10.9 Å². The van der Waals surface area contributed by atoms with Crippen molar-refractivity contribution in [1.29, 1.82) is 0 Å². The first-order valence-electron chi connectivity index (χ1n) is 6.45. The number of carbonyl (C=O) groups is 2. The highest BCUT2D eigenvalue weighted by Gasteiger charge is 2.10. The lowest BCUT2D eigenvalue weighted by Gasteiger charge is -2.07. The maximum atomic E-state index is 12.7. The number of hydrazine groups is 1. The zero-order valence-electron chi connectivity index (χ0n) is 11.6. The number of benzene rings is 2. The lowest BCUT2D eigenvalue weighted by atomic mass is 10.2. The largest absolute Gasteiger partial charge is 0.271 e. The van der Waals surface area contributed by atoms with Gasteiger partial charge in [-0.3, -0.25) is 20.4 Å². The average molecular weight is 353 g/mol. The molecule has 2 amide bonds. The van der Waals surface area contributed by atoms with Crippen molar-refractivity contribution in [2.45, 2.75) is 0 Å². The molecule has 0 radical (unpaired) electrons. The highest BCUT2D eigenvalue weighted by atomic mass is 35.5. The highest BCUT2D eigenvalue weighted by Crippen LogP contribution is 2.20. The quantitative estimate of drug-likeness (QED) is 0.654. The van der Waals surface area contributed by atoms with Crippen LogP contribution in [0.5, 0.6) is 0 Å². The first-order chi connectivity index (χ1) is 11.0. The molecule has 0 atom stereocenters. The first kappa shape index (κ1) is 17.0. The molecule has 0 bridgehead atoms. The monoisotopic (exact) mass is 352 g/mol. The molecule has 0 fully saturated rings. The minimum atomic E-state index is -0.574. The van der Waals surface area contributed by atoms with E-state index >= 15 is 0 Å². The van der Waals surface area contributed by atoms with Crippen molar-refractivity contribution in [2.75, 3.05) is 0 Å². The molecule has 0 spiro atoms. The summed E-state index contributed by atoms with van der Waals surface area (Å²) < 4.78 is 12.7. The van der Waals surface area contributed by atoms with Gasteiger partial charge < -0.3 is 0 Å². The first-order valence-corrected chi connectivity index (χ1v) is 7.20. The lowest BCUT2D eigenvalue weighted by Crippen LogP contribution is -2.40. The summed E-state index contributed by atoms with van der Waals surface area (Å²) in [5.41, 5.74) is 5.27. The molecule has 4 nitrogen and oxygen atoms in total. The summed E-state index contributed by atoms with van der Waals surface area (Å²) in [6.07, 6.45) is 2.69. The van der Waals surface area contributed by atoms with Crippen molar-refractivity contribution in [3.05, 3.63) is 75.5 Å². The predicted molar refractivity (Wildman–Crippen MR) is 87.5 cm³/mol. The third-order valence-corrected chi connectivity index (χ3v) is 3.32. The lowest BCUT2D eigenvalue weighted by molar-refractivity contribution is -0.117. The molecule has 2 aromatic carbocycles. The number of nitrogens with one attached hydrogen (secondary N) is 2. The Kier molecular flexibility index (Phi) is 5.73. The van der Waals surface area contributed by atoms with E-state index < -0.39 is 11.8 Å². The van der Waals surface area contributed by atoms with Gasteiger partial charge in [0.15, 0.2) is 0 Å². The molecule has 118 valence electrons. The molecule has 7 heteroatoms. The Labute approximate surface area is 141 Å². The van der Waals surface area contributed by atoms with Gasteiger partial charge in [-0.05, 0) is 42.0 Å². The summed E-state index contributed by atoms with van der Waals surface area (Å²) in [6.45, 7) is 0. The Morgan fingerprint density at radius 1 is 1.00 bits per heavy atom. The third-order valence-electron chi connectivity index (χ3n) is 2.77. The van der Waals surface area contributed by atoms with Gasteiger partial charge in [0.1, 0.15) is 5.82 Å². The van der Waals surface area contributed by atoms with Crippen molar-refractivity contribution < 1.29 is 14.0 Å². The van der Waals surface area contributed by atoms with E-state index in [1.807, 2.05) is 0 Å². The number of halogens is 3. The molecular formula is C16H11Cl2FN2O2. The van der Waals surface area contributed by atoms with Gasteiger partial charge in [0.2, 0.25) is 0 Å². The molecule has 0 aliphatic carbocycles. The molecular weight excluding hydrogens is 342 g/mol. The van der Waals surface area contributed by atoms with Gasteiger partial charge in [0.05, 0.1) is 10.6 Å². The van der Waals surface area contributed by atoms with Gasteiger partial charge in [-0.25, -0.2) is 4.39 Å². The second-order valence-corrected chi connectivity index (χ2v) is 5.30. The van der Waals surface area contributed by atoms with Crippen molar-refractivity contribution in [3.63, 3.8) is 0 Å². The Hall–Kier alpha value is -2.37. The number of hydrogen-bond donors (Lipinski definition) is 2. The van der Waals surface area contributed by atoms with E-state index in [4.69, 9.17) is 23.2 Å². The normalized spacial score (nSPS) is 10.6. The Morgan fingerprint density at radius 3 is 2.35 bits per heavy atom. The minimum absolute atomic E-state index is 0.172. The summed E-state index contributed by atoms with van der Waals surface area (Å²) in [7, 11) is 0. The van der Waals surface area contributed by atoms with Crippen LogP contribution >= 0.6 is 23.2 Å². The Morgan fingerprint density at radius 2 is 1.70 bits per heavy atom. The fraction of sp³-hybridized carbons (Fsp3) is 0. The van der Waals surface area contributed by atoms with E-state index in [1.54, 1.807) is 0 Å². The number of rotatable bonds is 3. The minimum Gasteiger partial charge on any atom is -0.268 e. The topological polar surface area (TPSA) is 58.2 Å². The van der Waals surface area contributed by atoms with Crippen LogP contribution < -0.4 is 10.9 Å². The summed E-state index contributed by atoms with van der Waals surface area (Å²) in [5, 5.41) is 0.573. The van der Waals surface area contributed by atoms with Crippen molar-refractivity contribution in [3.8, 4) is 0 Å². The van der Waals surface area contributed by atoms with Crippen molar-refractivity contribution >= 4 is 41.1 Å². The second kappa shape index (κ2) is 7.76.